The van der Waals surface area contributed by atoms with Gasteiger partial charge in [-0.25, -0.2) is 5.43 Å². The number of nitrogens with one attached hydrogen (secondary N) is 1. The Morgan fingerprint density at radius 2 is 1.55 bits per heavy atom. The molecule has 0 aromatic heterocycles. The maximum Gasteiger partial charge on any atom is 0.277 e. The fraction of sp³-hybridized carbons (Fsp3) is 0.481. The summed E-state index contributed by atoms with van der Waals surface area (Å²) in [5.41, 5.74) is 7.20. The normalized spacial score (nSPS) is 12.7. The molecule has 0 saturated carbocycles. The molecular weight excluding hydrogens is 384 g/mol. The number of nitrogens with zero attached hydrogens (tertiary/aromatic N) is 1. The number of hydrogen-bond acceptors (Lipinski definition) is 3. The van der Waals surface area contributed by atoms with Crippen LogP contribution in [0.4, 0.5) is 0 Å². The van der Waals surface area contributed by atoms with Gasteiger partial charge in [-0.05, 0) is 58.9 Å². The number of hydrazone groups is 1. The summed E-state index contributed by atoms with van der Waals surface area (Å²) in [5, 5.41) is 4.20. The molecule has 168 valence electrons. The zero-order valence-electron chi connectivity index (χ0n) is 20.4. The van der Waals surface area contributed by atoms with Crippen molar-refractivity contribution in [3.05, 3.63) is 65.2 Å². The summed E-state index contributed by atoms with van der Waals surface area (Å²) >= 11 is 0. The van der Waals surface area contributed by atoms with Crippen LogP contribution in [0, 0.1) is 5.41 Å². The van der Waals surface area contributed by atoms with Gasteiger partial charge in [0.15, 0.2) is 6.61 Å². The van der Waals surface area contributed by atoms with Crippen LogP contribution in [0.3, 0.4) is 0 Å². The molecule has 0 fully saturated rings. The number of ether oxygens (including phenoxy) is 1. The third-order valence-electron chi connectivity index (χ3n) is 5.32. The highest BCUT2D eigenvalue weighted by molar-refractivity contribution is 5.99. The van der Waals surface area contributed by atoms with Crippen molar-refractivity contribution in [2.24, 2.45) is 10.5 Å². The van der Waals surface area contributed by atoms with Crippen molar-refractivity contribution in [3.63, 3.8) is 0 Å². The van der Waals surface area contributed by atoms with Crippen LogP contribution >= 0.6 is 0 Å². The number of benzene rings is 2. The van der Waals surface area contributed by atoms with Crippen LogP contribution in [0.15, 0.2) is 53.6 Å². The lowest BCUT2D eigenvalue weighted by Crippen LogP contribution is -2.26. The standard InChI is InChI=1S/C27H38N2O2/c1-19(2)21-9-11-22(12-10-21)20(3)28-29-25(30)17-31-24-15-13-23(14-16-24)27(7,8)18-26(4,5)6/h9-16,19H,17-18H2,1-8H3,(H,29,30)/b28-20+. The number of carbonyl (C=O) groups is 1. The van der Waals surface area contributed by atoms with Gasteiger partial charge in [-0.3, -0.25) is 4.79 Å². The van der Waals surface area contributed by atoms with Gasteiger partial charge >= 0.3 is 0 Å². The first-order valence-corrected chi connectivity index (χ1v) is 11.0. The molecule has 2 aromatic rings. The fourth-order valence-electron chi connectivity index (χ4n) is 3.93. The summed E-state index contributed by atoms with van der Waals surface area (Å²) in [7, 11) is 0. The molecule has 0 spiro atoms. The van der Waals surface area contributed by atoms with Crippen LogP contribution < -0.4 is 10.2 Å². The monoisotopic (exact) mass is 422 g/mol. The Morgan fingerprint density at radius 3 is 2.06 bits per heavy atom. The maximum atomic E-state index is 12.1. The van der Waals surface area contributed by atoms with E-state index in [0.29, 0.717) is 11.7 Å². The summed E-state index contributed by atoms with van der Waals surface area (Å²) in [5.74, 6) is 0.882. The van der Waals surface area contributed by atoms with E-state index in [2.05, 4.69) is 83.3 Å². The first kappa shape index (κ1) is 24.6. The topological polar surface area (TPSA) is 50.7 Å². The first-order chi connectivity index (χ1) is 14.4. The van der Waals surface area contributed by atoms with E-state index in [1.807, 2.05) is 31.2 Å². The van der Waals surface area contributed by atoms with Gasteiger partial charge in [-0.1, -0.05) is 84.9 Å². The van der Waals surface area contributed by atoms with Crippen LogP contribution in [0.5, 0.6) is 5.75 Å². The van der Waals surface area contributed by atoms with E-state index in [9.17, 15) is 4.79 Å². The Kier molecular flexibility index (Phi) is 8.05. The highest BCUT2D eigenvalue weighted by Crippen LogP contribution is 2.36. The van der Waals surface area contributed by atoms with Crippen LogP contribution in [-0.2, 0) is 10.2 Å². The van der Waals surface area contributed by atoms with E-state index in [1.165, 1.54) is 11.1 Å². The average Bonchev–Trinajstić information content (AvgIpc) is 2.69. The molecule has 0 unspecified atom stereocenters. The lowest BCUT2D eigenvalue weighted by atomic mass is 9.72. The molecule has 0 bridgehead atoms. The molecule has 2 aromatic carbocycles. The summed E-state index contributed by atoms with van der Waals surface area (Å²) in [6, 6.07) is 16.3. The van der Waals surface area contributed by atoms with Gasteiger partial charge in [0, 0.05) is 0 Å². The largest absolute Gasteiger partial charge is 0.484 e. The molecule has 0 aliphatic rings. The van der Waals surface area contributed by atoms with Crippen LogP contribution in [0.2, 0.25) is 0 Å². The summed E-state index contributed by atoms with van der Waals surface area (Å²) < 4.78 is 5.64. The Labute approximate surface area is 188 Å². The summed E-state index contributed by atoms with van der Waals surface area (Å²) in [6.07, 6.45) is 1.08. The zero-order valence-corrected chi connectivity index (χ0v) is 20.4. The van der Waals surface area contributed by atoms with Crippen molar-refractivity contribution in [1.82, 2.24) is 5.43 Å². The third-order valence-corrected chi connectivity index (χ3v) is 5.32. The van der Waals surface area contributed by atoms with Crippen molar-refractivity contribution in [3.8, 4) is 5.75 Å². The van der Waals surface area contributed by atoms with E-state index in [0.717, 1.165) is 17.7 Å². The number of hydrogen-bond donors (Lipinski definition) is 1. The van der Waals surface area contributed by atoms with Crippen molar-refractivity contribution in [2.45, 2.75) is 73.1 Å². The molecule has 1 amide bonds. The molecule has 4 heteroatoms. The molecular formula is C27H38N2O2. The molecule has 31 heavy (non-hydrogen) atoms. The van der Waals surface area contributed by atoms with E-state index >= 15 is 0 Å². The number of amides is 1. The molecule has 2 rings (SSSR count). The zero-order chi connectivity index (χ0) is 23.2. The van der Waals surface area contributed by atoms with Crippen LogP contribution in [0.1, 0.15) is 84.4 Å². The Bertz CT molecular complexity index is 886. The van der Waals surface area contributed by atoms with Gasteiger partial charge in [0.1, 0.15) is 5.75 Å². The minimum Gasteiger partial charge on any atom is -0.484 e. The Morgan fingerprint density at radius 1 is 0.968 bits per heavy atom. The second kappa shape index (κ2) is 10.1. The maximum absolute atomic E-state index is 12.1. The second-order valence-electron chi connectivity index (χ2n) is 10.4. The molecule has 0 radical (unpaired) electrons. The first-order valence-electron chi connectivity index (χ1n) is 11.0. The molecule has 0 aliphatic heterocycles. The Hall–Kier alpha value is -2.62. The molecule has 0 aliphatic carbocycles. The van der Waals surface area contributed by atoms with Gasteiger partial charge in [0.2, 0.25) is 0 Å². The minimum absolute atomic E-state index is 0.0756. The lowest BCUT2D eigenvalue weighted by Gasteiger charge is -2.33. The van der Waals surface area contributed by atoms with Crippen LogP contribution in [-0.4, -0.2) is 18.2 Å². The van der Waals surface area contributed by atoms with Gasteiger partial charge in [-0.2, -0.15) is 5.10 Å². The highest BCUT2D eigenvalue weighted by atomic mass is 16.5. The van der Waals surface area contributed by atoms with Crippen molar-refractivity contribution in [2.75, 3.05) is 6.61 Å². The van der Waals surface area contributed by atoms with Gasteiger partial charge < -0.3 is 4.74 Å². The Balaban J connectivity index is 1.89. The summed E-state index contributed by atoms with van der Waals surface area (Å²) in [4.78, 5) is 12.1. The average molecular weight is 423 g/mol. The second-order valence-corrected chi connectivity index (χ2v) is 10.4. The molecule has 1 N–H and O–H groups in total. The summed E-state index contributed by atoms with van der Waals surface area (Å²) in [6.45, 7) is 17.4. The minimum atomic E-state index is -0.282. The van der Waals surface area contributed by atoms with Crippen molar-refractivity contribution in [1.29, 1.82) is 0 Å². The highest BCUT2D eigenvalue weighted by Gasteiger charge is 2.27. The lowest BCUT2D eigenvalue weighted by molar-refractivity contribution is -0.123. The quantitative estimate of drug-likeness (QED) is 0.393. The van der Waals surface area contributed by atoms with E-state index < -0.39 is 0 Å². The molecule has 0 heterocycles. The molecule has 0 atom stereocenters. The predicted octanol–water partition coefficient (Wildman–Crippen LogP) is 6.44. The number of carbonyl (C=O) groups excluding carboxylic acids is 1. The van der Waals surface area contributed by atoms with E-state index in [-0.39, 0.29) is 23.3 Å². The SMILES string of the molecule is C/C(=N\NC(=O)COc1ccc(C(C)(C)CC(C)(C)C)cc1)c1ccc(C(C)C)cc1. The smallest absolute Gasteiger partial charge is 0.277 e. The van der Waals surface area contributed by atoms with Crippen molar-refractivity contribution >= 4 is 11.6 Å². The van der Waals surface area contributed by atoms with Gasteiger partial charge in [-0.15, -0.1) is 0 Å². The van der Waals surface area contributed by atoms with E-state index in [1.54, 1.807) is 0 Å². The molecule has 4 nitrogen and oxygen atoms in total. The predicted molar refractivity (Wildman–Crippen MR) is 130 cm³/mol. The van der Waals surface area contributed by atoms with Crippen LogP contribution in [0.25, 0.3) is 0 Å². The van der Waals surface area contributed by atoms with Gasteiger partial charge in [0.25, 0.3) is 5.91 Å². The van der Waals surface area contributed by atoms with Crippen molar-refractivity contribution < 1.29 is 9.53 Å². The van der Waals surface area contributed by atoms with E-state index in [4.69, 9.17) is 4.74 Å². The van der Waals surface area contributed by atoms with Gasteiger partial charge in [0.05, 0.1) is 5.71 Å². The number of rotatable bonds is 8. The molecule has 0 saturated heterocycles. The third kappa shape index (κ3) is 7.86. The fourth-order valence-corrected chi connectivity index (χ4v) is 3.93.